The number of sulfonamides is 1. The maximum absolute atomic E-state index is 12.9. The molecule has 1 amide bonds. The number of carbonyl (C=O) groups is 1. The van der Waals surface area contributed by atoms with E-state index in [1.807, 2.05) is 11.2 Å². The molecule has 0 radical (unpaired) electrons. The van der Waals surface area contributed by atoms with Crippen LogP contribution in [0, 0.1) is 0 Å². The first kappa shape index (κ1) is 18.7. The zero-order valence-corrected chi connectivity index (χ0v) is 16.1. The molecule has 2 heterocycles. The van der Waals surface area contributed by atoms with Gasteiger partial charge in [-0.25, -0.2) is 8.42 Å². The summed E-state index contributed by atoms with van der Waals surface area (Å²) in [6.07, 6.45) is 5.06. The lowest BCUT2D eigenvalue weighted by Gasteiger charge is -2.28. The van der Waals surface area contributed by atoms with E-state index in [1.54, 1.807) is 18.2 Å². The van der Waals surface area contributed by atoms with Crippen molar-refractivity contribution in [1.29, 1.82) is 0 Å². The minimum absolute atomic E-state index is 0.0666. The number of hydrogen-bond donors (Lipinski definition) is 0. The van der Waals surface area contributed by atoms with Gasteiger partial charge in [-0.1, -0.05) is 0 Å². The Morgan fingerprint density at radius 3 is 2.40 bits per heavy atom. The van der Waals surface area contributed by atoms with E-state index in [-0.39, 0.29) is 10.8 Å². The number of piperidine rings is 1. The van der Waals surface area contributed by atoms with Gasteiger partial charge in [0.05, 0.1) is 23.7 Å². The van der Waals surface area contributed by atoms with Crippen LogP contribution in [0.2, 0.25) is 0 Å². The van der Waals surface area contributed by atoms with Crippen molar-refractivity contribution in [1.82, 2.24) is 9.21 Å². The lowest BCUT2D eigenvalue weighted by molar-refractivity contribution is 0.0718. The largest absolute Gasteiger partial charge is 0.379 e. The summed E-state index contributed by atoms with van der Waals surface area (Å²) in [6.45, 7) is 2.99. The predicted octanol–water partition coefficient (Wildman–Crippen LogP) is 2.06. The maximum atomic E-state index is 12.9. The van der Waals surface area contributed by atoms with Gasteiger partial charge in [0.1, 0.15) is 0 Å². The van der Waals surface area contributed by atoms with Gasteiger partial charge in [-0.15, -0.1) is 11.8 Å². The van der Waals surface area contributed by atoms with Gasteiger partial charge in [0, 0.05) is 31.1 Å². The fourth-order valence-corrected chi connectivity index (χ4v) is 5.22. The van der Waals surface area contributed by atoms with E-state index in [0.717, 1.165) is 37.2 Å². The summed E-state index contributed by atoms with van der Waals surface area (Å²) in [5.41, 5.74) is 0.490. The van der Waals surface area contributed by atoms with Crippen molar-refractivity contribution >= 4 is 27.7 Å². The topological polar surface area (TPSA) is 66.9 Å². The molecule has 0 aliphatic carbocycles. The minimum atomic E-state index is -3.60. The molecule has 0 atom stereocenters. The third kappa shape index (κ3) is 4.02. The van der Waals surface area contributed by atoms with E-state index < -0.39 is 10.0 Å². The standard InChI is InChI=1S/C17H24N2O4S2/c1-24-16-6-5-14(25(21,22)19-9-11-23-12-10-19)13-15(16)17(20)18-7-3-2-4-8-18/h5-6,13H,2-4,7-12H2,1H3. The number of amides is 1. The first-order chi connectivity index (χ1) is 12.0. The van der Waals surface area contributed by atoms with E-state index in [1.165, 1.54) is 16.1 Å². The number of benzene rings is 1. The molecule has 8 heteroatoms. The molecule has 0 aromatic heterocycles. The summed E-state index contributed by atoms with van der Waals surface area (Å²) in [5, 5.41) is 0. The van der Waals surface area contributed by atoms with Crippen molar-refractivity contribution in [3.05, 3.63) is 23.8 Å². The summed E-state index contributed by atoms with van der Waals surface area (Å²) in [5.74, 6) is -0.0666. The zero-order chi connectivity index (χ0) is 17.9. The Morgan fingerprint density at radius 1 is 1.08 bits per heavy atom. The summed E-state index contributed by atoms with van der Waals surface area (Å²) >= 11 is 1.47. The third-order valence-electron chi connectivity index (χ3n) is 4.65. The van der Waals surface area contributed by atoms with Crippen molar-refractivity contribution in [2.45, 2.75) is 29.1 Å². The number of morpholine rings is 1. The highest BCUT2D eigenvalue weighted by atomic mass is 32.2. The van der Waals surface area contributed by atoms with Gasteiger partial charge in [-0.2, -0.15) is 4.31 Å². The van der Waals surface area contributed by atoms with Crippen molar-refractivity contribution in [2.75, 3.05) is 45.6 Å². The minimum Gasteiger partial charge on any atom is -0.379 e. The molecule has 1 aromatic rings. The molecule has 138 valence electrons. The van der Waals surface area contributed by atoms with E-state index in [2.05, 4.69) is 0 Å². The second kappa shape index (κ2) is 8.07. The Bertz CT molecular complexity index is 724. The summed E-state index contributed by atoms with van der Waals surface area (Å²) in [6, 6.07) is 4.90. The van der Waals surface area contributed by atoms with Gasteiger partial charge in [-0.3, -0.25) is 4.79 Å². The van der Waals surface area contributed by atoms with Crippen molar-refractivity contribution in [2.24, 2.45) is 0 Å². The Morgan fingerprint density at radius 2 is 1.76 bits per heavy atom. The van der Waals surface area contributed by atoms with Crippen LogP contribution in [0.25, 0.3) is 0 Å². The molecule has 0 saturated carbocycles. The summed E-state index contributed by atoms with van der Waals surface area (Å²) in [4.78, 5) is 15.8. The number of thioether (sulfide) groups is 1. The number of likely N-dealkylation sites (tertiary alicyclic amines) is 1. The van der Waals surface area contributed by atoms with Gasteiger partial charge in [0.25, 0.3) is 5.91 Å². The van der Waals surface area contributed by atoms with Gasteiger partial charge in [-0.05, 0) is 43.7 Å². The smallest absolute Gasteiger partial charge is 0.255 e. The molecule has 0 N–H and O–H groups in total. The molecule has 0 unspecified atom stereocenters. The molecule has 6 nitrogen and oxygen atoms in total. The monoisotopic (exact) mass is 384 g/mol. The van der Waals surface area contributed by atoms with Crippen molar-refractivity contribution in [3.8, 4) is 0 Å². The van der Waals surface area contributed by atoms with E-state index in [9.17, 15) is 13.2 Å². The van der Waals surface area contributed by atoms with Crippen LogP contribution < -0.4 is 0 Å². The van der Waals surface area contributed by atoms with Gasteiger partial charge in [0.2, 0.25) is 10.0 Å². The fourth-order valence-electron chi connectivity index (χ4n) is 3.22. The molecule has 2 aliphatic heterocycles. The zero-order valence-electron chi connectivity index (χ0n) is 14.4. The lowest BCUT2D eigenvalue weighted by atomic mass is 10.1. The van der Waals surface area contributed by atoms with E-state index in [0.29, 0.717) is 31.9 Å². The fraction of sp³-hybridized carbons (Fsp3) is 0.588. The van der Waals surface area contributed by atoms with Crippen LogP contribution in [-0.4, -0.2) is 69.2 Å². The molecule has 25 heavy (non-hydrogen) atoms. The SMILES string of the molecule is CSc1ccc(S(=O)(=O)N2CCOCC2)cc1C(=O)N1CCCCC1. The van der Waals surface area contributed by atoms with Crippen LogP contribution in [0.1, 0.15) is 29.6 Å². The molecule has 2 fully saturated rings. The first-order valence-corrected chi connectivity index (χ1v) is 11.3. The highest BCUT2D eigenvalue weighted by Crippen LogP contribution is 2.27. The van der Waals surface area contributed by atoms with Gasteiger partial charge in [0.15, 0.2) is 0 Å². The summed E-state index contributed by atoms with van der Waals surface area (Å²) < 4.78 is 32.4. The molecule has 0 spiro atoms. The predicted molar refractivity (Wildman–Crippen MR) is 97.6 cm³/mol. The second-order valence-corrected chi connectivity index (χ2v) is 9.02. The Balaban J connectivity index is 1.92. The highest BCUT2D eigenvalue weighted by Gasteiger charge is 2.28. The van der Waals surface area contributed by atoms with E-state index in [4.69, 9.17) is 4.74 Å². The summed E-state index contributed by atoms with van der Waals surface area (Å²) in [7, 11) is -3.60. The van der Waals surface area contributed by atoms with Crippen LogP contribution in [-0.2, 0) is 14.8 Å². The number of hydrogen-bond acceptors (Lipinski definition) is 5. The average molecular weight is 385 g/mol. The van der Waals surface area contributed by atoms with Crippen molar-refractivity contribution < 1.29 is 17.9 Å². The molecule has 1 aromatic carbocycles. The molecule has 0 bridgehead atoms. The Kier molecular flexibility index (Phi) is 6.04. The number of carbonyl (C=O) groups excluding carboxylic acids is 1. The number of ether oxygens (including phenoxy) is 1. The number of nitrogens with zero attached hydrogens (tertiary/aromatic N) is 2. The molecule has 2 saturated heterocycles. The Hall–Kier alpha value is -1.09. The normalized spacial score (nSPS) is 19.8. The average Bonchev–Trinajstić information content (AvgIpc) is 2.68. The highest BCUT2D eigenvalue weighted by molar-refractivity contribution is 7.98. The lowest BCUT2D eigenvalue weighted by Crippen LogP contribution is -2.40. The van der Waals surface area contributed by atoms with Crippen LogP contribution >= 0.6 is 11.8 Å². The van der Waals surface area contributed by atoms with Crippen molar-refractivity contribution in [3.63, 3.8) is 0 Å². The third-order valence-corrected chi connectivity index (χ3v) is 7.34. The first-order valence-electron chi connectivity index (χ1n) is 8.59. The van der Waals surface area contributed by atoms with Crippen LogP contribution in [0.3, 0.4) is 0 Å². The van der Waals surface area contributed by atoms with Gasteiger partial charge < -0.3 is 9.64 Å². The molecular weight excluding hydrogens is 360 g/mol. The van der Waals surface area contributed by atoms with E-state index >= 15 is 0 Å². The number of rotatable bonds is 4. The van der Waals surface area contributed by atoms with Crippen LogP contribution in [0.15, 0.2) is 28.0 Å². The maximum Gasteiger partial charge on any atom is 0.255 e. The second-order valence-electron chi connectivity index (χ2n) is 6.23. The van der Waals surface area contributed by atoms with Crippen LogP contribution in [0.4, 0.5) is 0 Å². The van der Waals surface area contributed by atoms with Gasteiger partial charge >= 0.3 is 0 Å². The molecular formula is C17H24N2O4S2. The molecule has 3 rings (SSSR count). The van der Waals surface area contributed by atoms with Crippen LogP contribution in [0.5, 0.6) is 0 Å². The molecule has 2 aliphatic rings. The quantitative estimate of drug-likeness (QED) is 0.744. The Labute approximate surface area is 153 Å².